The van der Waals surface area contributed by atoms with Crippen molar-refractivity contribution < 1.29 is 9.90 Å². The lowest BCUT2D eigenvalue weighted by Gasteiger charge is -1.99. The Balaban J connectivity index is 2.39. The van der Waals surface area contributed by atoms with Crippen LogP contribution in [0.4, 0.5) is 0 Å². The van der Waals surface area contributed by atoms with E-state index in [2.05, 4.69) is 6.92 Å². The van der Waals surface area contributed by atoms with E-state index in [0.29, 0.717) is 5.92 Å². The molecule has 1 saturated carbocycles. The molecule has 0 amide bonds. The minimum absolute atomic E-state index is 0.0417. The zero-order chi connectivity index (χ0) is 6.85. The van der Waals surface area contributed by atoms with E-state index in [1.807, 2.05) is 0 Å². The average Bonchev–Trinajstić information content (AvgIpc) is 2.14. The smallest absolute Gasteiger partial charge is 0.306 e. The molecule has 0 aromatic carbocycles. The molecule has 0 saturated heterocycles. The highest BCUT2D eigenvalue weighted by Gasteiger charge is 2.26. The van der Waals surface area contributed by atoms with Crippen molar-refractivity contribution in [3.05, 3.63) is 0 Å². The van der Waals surface area contributed by atoms with Gasteiger partial charge in [-0.05, 0) is 25.2 Å². The Morgan fingerprint density at radius 1 is 1.56 bits per heavy atom. The van der Waals surface area contributed by atoms with Crippen molar-refractivity contribution in [1.29, 1.82) is 0 Å². The predicted molar refractivity (Wildman–Crippen MR) is 34.1 cm³/mol. The Bertz CT molecular complexity index is 120. The van der Waals surface area contributed by atoms with Gasteiger partial charge in [-0.25, -0.2) is 0 Å². The Kier molecular flexibility index (Phi) is 1.74. The van der Waals surface area contributed by atoms with Gasteiger partial charge in [0.2, 0.25) is 0 Å². The second kappa shape index (κ2) is 2.38. The molecule has 1 rings (SSSR count). The molecule has 0 radical (unpaired) electrons. The van der Waals surface area contributed by atoms with Crippen LogP contribution < -0.4 is 0 Å². The van der Waals surface area contributed by atoms with E-state index >= 15 is 0 Å². The minimum atomic E-state index is -0.612. The molecule has 1 N–H and O–H groups in total. The van der Waals surface area contributed by atoms with Gasteiger partial charge in [-0.1, -0.05) is 6.92 Å². The summed E-state index contributed by atoms with van der Waals surface area (Å²) in [6.07, 6.45) is 2.86. The normalized spacial score (nSPS) is 34.8. The largest absolute Gasteiger partial charge is 0.481 e. The molecule has 2 heteroatoms. The highest BCUT2D eigenvalue weighted by molar-refractivity contribution is 5.70. The first-order valence-electron chi connectivity index (χ1n) is 3.43. The molecule has 9 heavy (non-hydrogen) atoms. The first-order valence-corrected chi connectivity index (χ1v) is 3.43. The zero-order valence-electron chi connectivity index (χ0n) is 5.63. The summed E-state index contributed by atoms with van der Waals surface area (Å²) in [7, 11) is 0. The van der Waals surface area contributed by atoms with E-state index in [4.69, 9.17) is 5.11 Å². The molecule has 0 aromatic rings. The molecule has 1 aliphatic carbocycles. The Morgan fingerprint density at radius 2 is 2.22 bits per heavy atom. The summed E-state index contributed by atoms with van der Waals surface area (Å²) in [5, 5.41) is 8.53. The van der Waals surface area contributed by atoms with Crippen LogP contribution in [0.5, 0.6) is 0 Å². The number of aliphatic carboxylic acids is 1. The van der Waals surface area contributed by atoms with E-state index in [1.165, 1.54) is 0 Å². The van der Waals surface area contributed by atoms with Crippen LogP contribution in [0.15, 0.2) is 0 Å². The van der Waals surface area contributed by atoms with E-state index in [1.54, 1.807) is 0 Å². The fourth-order valence-corrected chi connectivity index (χ4v) is 1.43. The third kappa shape index (κ3) is 1.44. The molecular weight excluding hydrogens is 116 g/mol. The Morgan fingerprint density at radius 3 is 2.44 bits per heavy atom. The summed E-state index contributed by atoms with van der Waals surface area (Å²) in [6.45, 7) is 2.11. The maximum atomic E-state index is 10.3. The summed E-state index contributed by atoms with van der Waals surface area (Å²) in [4.78, 5) is 10.3. The molecule has 0 aliphatic heterocycles. The molecule has 1 fully saturated rings. The molecule has 2 atom stereocenters. The third-order valence-corrected chi connectivity index (χ3v) is 2.04. The number of hydrogen-bond donors (Lipinski definition) is 1. The first kappa shape index (κ1) is 6.59. The van der Waals surface area contributed by atoms with Crippen molar-refractivity contribution in [3.8, 4) is 0 Å². The second-order valence-corrected chi connectivity index (χ2v) is 2.95. The monoisotopic (exact) mass is 128 g/mol. The number of carbonyl (C=O) groups is 1. The van der Waals surface area contributed by atoms with Crippen LogP contribution in [0.3, 0.4) is 0 Å². The first-order chi connectivity index (χ1) is 4.20. The molecular formula is C7H12O2. The van der Waals surface area contributed by atoms with Crippen LogP contribution in [0, 0.1) is 11.8 Å². The van der Waals surface area contributed by atoms with E-state index in [9.17, 15) is 4.79 Å². The lowest BCUT2D eigenvalue weighted by Crippen LogP contribution is -2.08. The SMILES string of the molecule is C[C@H]1CC[C@@H](C(=O)O)C1. The zero-order valence-corrected chi connectivity index (χ0v) is 5.63. The van der Waals surface area contributed by atoms with Gasteiger partial charge in [0.15, 0.2) is 0 Å². The van der Waals surface area contributed by atoms with Crippen LogP contribution in [0.25, 0.3) is 0 Å². The van der Waals surface area contributed by atoms with Gasteiger partial charge >= 0.3 is 5.97 Å². The molecule has 0 bridgehead atoms. The lowest BCUT2D eigenvalue weighted by molar-refractivity contribution is -0.141. The lowest BCUT2D eigenvalue weighted by atomic mass is 10.1. The topological polar surface area (TPSA) is 37.3 Å². The molecule has 2 nitrogen and oxygen atoms in total. The molecule has 0 spiro atoms. The van der Waals surface area contributed by atoms with Gasteiger partial charge in [0.1, 0.15) is 0 Å². The van der Waals surface area contributed by atoms with E-state index in [-0.39, 0.29) is 5.92 Å². The highest BCUT2D eigenvalue weighted by atomic mass is 16.4. The molecule has 1 aliphatic rings. The quantitative estimate of drug-likeness (QED) is 0.581. The maximum Gasteiger partial charge on any atom is 0.306 e. The minimum Gasteiger partial charge on any atom is -0.481 e. The van der Waals surface area contributed by atoms with Crippen LogP contribution in [-0.2, 0) is 4.79 Å². The van der Waals surface area contributed by atoms with Crippen molar-refractivity contribution in [1.82, 2.24) is 0 Å². The Labute approximate surface area is 54.9 Å². The standard InChI is InChI=1S/C7H12O2/c1-5-2-3-6(4-5)7(8)9/h5-6H,2-4H2,1H3,(H,8,9)/t5-,6+/m0/s1. The van der Waals surface area contributed by atoms with Gasteiger partial charge in [-0.2, -0.15) is 0 Å². The van der Waals surface area contributed by atoms with E-state index < -0.39 is 5.97 Å². The number of carboxylic acid groups (broad SMARTS) is 1. The maximum absolute atomic E-state index is 10.3. The van der Waals surface area contributed by atoms with Crippen molar-refractivity contribution in [2.75, 3.05) is 0 Å². The van der Waals surface area contributed by atoms with Crippen LogP contribution in [0.1, 0.15) is 26.2 Å². The van der Waals surface area contributed by atoms with Gasteiger partial charge in [0.25, 0.3) is 0 Å². The molecule has 0 heterocycles. The van der Waals surface area contributed by atoms with Crippen LogP contribution in [0.2, 0.25) is 0 Å². The van der Waals surface area contributed by atoms with Crippen molar-refractivity contribution >= 4 is 5.97 Å². The molecule has 0 unspecified atom stereocenters. The molecule has 52 valence electrons. The summed E-state index contributed by atoms with van der Waals surface area (Å²) < 4.78 is 0. The highest BCUT2D eigenvalue weighted by Crippen LogP contribution is 2.29. The van der Waals surface area contributed by atoms with Gasteiger partial charge in [-0.3, -0.25) is 4.79 Å². The van der Waals surface area contributed by atoms with Gasteiger partial charge in [0, 0.05) is 0 Å². The molecule has 0 aromatic heterocycles. The number of hydrogen-bond acceptors (Lipinski definition) is 1. The Hall–Kier alpha value is -0.530. The fraction of sp³-hybridized carbons (Fsp3) is 0.857. The second-order valence-electron chi connectivity index (χ2n) is 2.95. The van der Waals surface area contributed by atoms with Crippen molar-refractivity contribution in [2.45, 2.75) is 26.2 Å². The number of carboxylic acids is 1. The summed E-state index contributed by atoms with van der Waals surface area (Å²) in [5.41, 5.74) is 0. The predicted octanol–water partition coefficient (Wildman–Crippen LogP) is 1.51. The number of rotatable bonds is 1. The van der Waals surface area contributed by atoms with Gasteiger partial charge in [-0.15, -0.1) is 0 Å². The van der Waals surface area contributed by atoms with E-state index in [0.717, 1.165) is 19.3 Å². The van der Waals surface area contributed by atoms with Crippen LogP contribution in [-0.4, -0.2) is 11.1 Å². The summed E-state index contributed by atoms with van der Waals surface area (Å²) >= 11 is 0. The van der Waals surface area contributed by atoms with Crippen molar-refractivity contribution in [2.24, 2.45) is 11.8 Å². The van der Waals surface area contributed by atoms with Gasteiger partial charge < -0.3 is 5.11 Å². The average molecular weight is 128 g/mol. The third-order valence-electron chi connectivity index (χ3n) is 2.04. The summed E-state index contributed by atoms with van der Waals surface area (Å²) in [6, 6.07) is 0. The van der Waals surface area contributed by atoms with Crippen molar-refractivity contribution in [3.63, 3.8) is 0 Å². The van der Waals surface area contributed by atoms with Gasteiger partial charge in [0.05, 0.1) is 5.92 Å². The fourth-order valence-electron chi connectivity index (χ4n) is 1.43. The summed E-state index contributed by atoms with van der Waals surface area (Å²) in [5.74, 6) is -0.0227. The van der Waals surface area contributed by atoms with Crippen LogP contribution >= 0.6 is 0 Å².